The van der Waals surface area contributed by atoms with Gasteiger partial charge in [0.25, 0.3) is 5.69 Å². The Morgan fingerprint density at radius 2 is 2.06 bits per heavy atom. The van der Waals surface area contributed by atoms with Gasteiger partial charge in [-0.25, -0.2) is 0 Å². The first-order valence-corrected chi connectivity index (χ1v) is 10.1. The first-order chi connectivity index (χ1) is 8.40. The minimum Gasteiger partial charge on any atom is -0.377 e. The van der Waals surface area contributed by atoms with Crippen LogP contribution in [-0.4, -0.2) is 18.9 Å². The molecule has 0 bridgehead atoms. The second-order valence-corrected chi connectivity index (χ2v) is 11.8. The third kappa shape index (κ3) is 5.62. The van der Waals surface area contributed by atoms with Gasteiger partial charge in [0.15, 0.2) is 7.38 Å². The summed E-state index contributed by atoms with van der Waals surface area (Å²) < 4.78 is 5.47. The zero-order valence-corrected chi connectivity index (χ0v) is 12.4. The van der Waals surface area contributed by atoms with Crippen LogP contribution in [0.5, 0.6) is 0 Å². The zero-order valence-electron chi connectivity index (χ0n) is 10.7. The lowest BCUT2D eigenvalue weighted by Crippen LogP contribution is -2.16. The second kappa shape index (κ2) is 6.87. The highest BCUT2D eigenvalue weighted by Gasteiger charge is 2.16. The molecule has 0 atom stereocenters. The molecule has 18 heavy (non-hydrogen) atoms. The van der Waals surface area contributed by atoms with Crippen LogP contribution in [0.2, 0.25) is 19.1 Å². The molecule has 0 amide bonds. The fourth-order valence-corrected chi connectivity index (χ4v) is 2.97. The van der Waals surface area contributed by atoms with Gasteiger partial charge in [-0.05, 0) is 18.5 Å². The highest BCUT2D eigenvalue weighted by Crippen LogP contribution is 2.19. The van der Waals surface area contributed by atoms with Gasteiger partial charge < -0.3 is 4.74 Å². The quantitative estimate of drug-likeness (QED) is 0.251. The number of halogens is 1. The van der Waals surface area contributed by atoms with Crippen molar-refractivity contribution in [3.8, 4) is 0 Å². The molecule has 0 saturated heterocycles. The predicted molar refractivity (Wildman–Crippen MR) is 75.5 cm³/mol. The van der Waals surface area contributed by atoms with Crippen molar-refractivity contribution >= 4 is 24.2 Å². The van der Waals surface area contributed by atoms with Gasteiger partial charge in [-0.1, -0.05) is 25.2 Å². The number of nitro groups is 1. The standard InChI is InChI=1S/C12H18ClNO3Si/c1-18(2,13)9-5-8-17-10-11-6-3-4-7-12(11)14(15)16/h3-4,6-7H,5,8-10H2,1-2H3. The molecule has 0 aliphatic rings. The molecule has 1 aromatic carbocycles. The van der Waals surface area contributed by atoms with E-state index in [1.54, 1.807) is 18.2 Å². The van der Waals surface area contributed by atoms with E-state index in [2.05, 4.69) is 13.1 Å². The fourth-order valence-electron chi connectivity index (χ4n) is 1.59. The molecule has 1 rings (SSSR count). The summed E-state index contributed by atoms with van der Waals surface area (Å²) in [5.74, 6) is 0. The summed E-state index contributed by atoms with van der Waals surface area (Å²) in [7, 11) is -1.53. The molecule has 1 aromatic rings. The summed E-state index contributed by atoms with van der Waals surface area (Å²) in [6, 6.07) is 7.64. The summed E-state index contributed by atoms with van der Waals surface area (Å²) in [4.78, 5) is 10.4. The maximum atomic E-state index is 10.8. The van der Waals surface area contributed by atoms with Crippen LogP contribution < -0.4 is 0 Å². The number of benzene rings is 1. The Balaban J connectivity index is 2.38. The number of ether oxygens (including phenoxy) is 1. The third-order valence-corrected chi connectivity index (χ3v) is 4.62. The first-order valence-electron chi connectivity index (χ1n) is 5.89. The molecule has 100 valence electrons. The van der Waals surface area contributed by atoms with E-state index in [-0.39, 0.29) is 17.2 Å². The van der Waals surface area contributed by atoms with Crippen molar-refractivity contribution in [2.75, 3.05) is 6.61 Å². The highest BCUT2D eigenvalue weighted by atomic mass is 35.6. The van der Waals surface area contributed by atoms with Gasteiger partial charge in [0.1, 0.15) is 0 Å². The highest BCUT2D eigenvalue weighted by molar-refractivity contribution is 7.19. The van der Waals surface area contributed by atoms with E-state index >= 15 is 0 Å². The Bertz CT molecular complexity index is 407. The number of nitro benzene ring substituents is 1. The van der Waals surface area contributed by atoms with E-state index in [9.17, 15) is 10.1 Å². The van der Waals surface area contributed by atoms with E-state index in [1.807, 2.05) is 0 Å². The number of hydrogen-bond acceptors (Lipinski definition) is 3. The van der Waals surface area contributed by atoms with Crippen molar-refractivity contribution in [1.29, 1.82) is 0 Å². The molecule has 6 heteroatoms. The number of para-hydroxylation sites is 1. The van der Waals surface area contributed by atoms with Crippen LogP contribution in [-0.2, 0) is 11.3 Å². The van der Waals surface area contributed by atoms with Crippen molar-refractivity contribution < 1.29 is 9.66 Å². The smallest absolute Gasteiger partial charge is 0.274 e. The van der Waals surface area contributed by atoms with Crippen LogP contribution in [0.3, 0.4) is 0 Å². The molecule has 0 aromatic heterocycles. The Labute approximate surface area is 113 Å². The molecule has 0 radical (unpaired) electrons. The van der Waals surface area contributed by atoms with Crippen LogP contribution in [0.25, 0.3) is 0 Å². The molecule has 4 nitrogen and oxygen atoms in total. The van der Waals surface area contributed by atoms with Crippen molar-refractivity contribution in [2.45, 2.75) is 32.2 Å². The molecule has 0 aliphatic heterocycles. The third-order valence-electron chi connectivity index (χ3n) is 2.51. The van der Waals surface area contributed by atoms with Crippen LogP contribution in [0.15, 0.2) is 24.3 Å². The Morgan fingerprint density at radius 3 is 2.67 bits per heavy atom. The van der Waals surface area contributed by atoms with Crippen LogP contribution in [0, 0.1) is 10.1 Å². The minimum atomic E-state index is -1.53. The molecule has 0 N–H and O–H groups in total. The van der Waals surface area contributed by atoms with E-state index < -0.39 is 7.38 Å². The fraction of sp³-hybridized carbons (Fsp3) is 0.500. The van der Waals surface area contributed by atoms with Gasteiger partial charge in [0, 0.05) is 12.7 Å². The molecule has 0 spiro atoms. The molecule has 0 unspecified atom stereocenters. The Hall–Kier alpha value is -0.913. The van der Waals surface area contributed by atoms with Gasteiger partial charge in [0.2, 0.25) is 0 Å². The lowest BCUT2D eigenvalue weighted by Gasteiger charge is -2.12. The SMILES string of the molecule is C[Si](C)(Cl)CCCOCc1ccccc1[N+](=O)[O-]. The number of nitrogens with zero attached hydrogens (tertiary/aromatic N) is 1. The average molecular weight is 288 g/mol. The Morgan fingerprint density at radius 1 is 1.39 bits per heavy atom. The summed E-state index contributed by atoms with van der Waals surface area (Å²) in [6.07, 6.45) is 0.906. The molecule has 0 aliphatic carbocycles. The second-order valence-electron chi connectivity index (χ2n) is 4.76. The van der Waals surface area contributed by atoms with E-state index in [0.29, 0.717) is 12.2 Å². The number of rotatable bonds is 7. The molecule has 0 fully saturated rings. The van der Waals surface area contributed by atoms with Gasteiger partial charge in [-0.2, -0.15) is 11.1 Å². The summed E-state index contributed by atoms with van der Waals surface area (Å²) in [5.41, 5.74) is 0.731. The van der Waals surface area contributed by atoms with Crippen LogP contribution in [0.4, 0.5) is 5.69 Å². The lowest BCUT2D eigenvalue weighted by molar-refractivity contribution is -0.385. The van der Waals surface area contributed by atoms with Gasteiger partial charge >= 0.3 is 0 Å². The molecular weight excluding hydrogens is 270 g/mol. The van der Waals surface area contributed by atoms with Crippen molar-refractivity contribution in [3.05, 3.63) is 39.9 Å². The summed E-state index contributed by atoms with van der Waals surface area (Å²) >= 11 is 6.19. The normalized spacial score (nSPS) is 11.5. The summed E-state index contributed by atoms with van der Waals surface area (Å²) in [6.45, 7) is 5.06. The molecule has 0 heterocycles. The summed E-state index contributed by atoms with van der Waals surface area (Å²) in [5, 5.41) is 10.8. The topological polar surface area (TPSA) is 52.4 Å². The van der Waals surface area contributed by atoms with Crippen molar-refractivity contribution in [1.82, 2.24) is 0 Å². The van der Waals surface area contributed by atoms with Gasteiger partial charge in [-0.15, -0.1) is 0 Å². The monoisotopic (exact) mass is 287 g/mol. The van der Waals surface area contributed by atoms with Crippen molar-refractivity contribution in [2.24, 2.45) is 0 Å². The molecule has 0 saturated carbocycles. The maximum absolute atomic E-state index is 10.8. The first kappa shape index (κ1) is 15.1. The maximum Gasteiger partial charge on any atom is 0.274 e. The van der Waals surface area contributed by atoms with E-state index in [1.165, 1.54) is 6.07 Å². The largest absolute Gasteiger partial charge is 0.377 e. The minimum absolute atomic E-state index is 0.115. The predicted octanol–water partition coefficient (Wildman–Crippen LogP) is 3.95. The number of hydrogen-bond donors (Lipinski definition) is 0. The van der Waals surface area contributed by atoms with Crippen molar-refractivity contribution in [3.63, 3.8) is 0 Å². The van der Waals surface area contributed by atoms with Gasteiger partial charge in [0.05, 0.1) is 17.1 Å². The Kier molecular flexibility index (Phi) is 5.78. The van der Waals surface area contributed by atoms with E-state index in [4.69, 9.17) is 15.8 Å². The van der Waals surface area contributed by atoms with Gasteiger partial charge in [-0.3, -0.25) is 10.1 Å². The van der Waals surface area contributed by atoms with Crippen LogP contribution in [0.1, 0.15) is 12.0 Å². The van der Waals surface area contributed by atoms with E-state index in [0.717, 1.165) is 12.5 Å². The molecular formula is C12H18ClNO3Si. The average Bonchev–Trinajstić information content (AvgIpc) is 2.27. The zero-order chi connectivity index (χ0) is 13.6. The van der Waals surface area contributed by atoms with Crippen LogP contribution >= 0.6 is 11.1 Å². The lowest BCUT2D eigenvalue weighted by atomic mass is 10.2.